The Morgan fingerprint density at radius 3 is 0.765 bits per heavy atom. The van der Waals surface area contributed by atoms with E-state index in [1.165, 1.54) is 44.5 Å². The molecule has 4 aromatic carbocycles. The van der Waals surface area contributed by atoms with E-state index in [2.05, 4.69) is 178 Å². The third kappa shape index (κ3) is 38.1. The number of pyridine rings is 2. The Labute approximate surface area is 570 Å². The predicted octanol–water partition coefficient (Wildman–Crippen LogP) is 20.6. The van der Waals surface area contributed by atoms with Crippen LogP contribution in [0.15, 0.2) is 122 Å². The van der Waals surface area contributed by atoms with Crippen molar-refractivity contribution in [1.29, 1.82) is 0 Å². The molecule has 0 saturated heterocycles. The third-order valence-electron chi connectivity index (χ3n) is 14.8. The minimum absolute atomic E-state index is 0.124. The maximum absolute atomic E-state index is 10.7. The van der Waals surface area contributed by atoms with Crippen LogP contribution < -0.4 is 28.1 Å². The Balaban J connectivity index is 0.000000296. The number of halogens is 12. The van der Waals surface area contributed by atoms with Gasteiger partial charge in [-0.3, -0.25) is 0 Å². The summed E-state index contributed by atoms with van der Waals surface area (Å²) in [5, 5.41) is 0. The summed E-state index contributed by atoms with van der Waals surface area (Å²) in [6.45, 7) is 37.1. The van der Waals surface area contributed by atoms with Crippen molar-refractivity contribution in [2.24, 2.45) is 0 Å². The fourth-order valence-electron chi connectivity index (χ4n) is 9.65. The number of fused-ring (bicyclic) bond motifs is 27. The van der Waals surface area contributed by atoms with Crippen molar-refractivity contribution >= 4 is 15.6 Å². The molecule has 6 bridgehead atoms. The standard InChI is InChI=1S/C40H54N2.C32H46O10.2F6P/c1-37(2,3)33-21-29(22-34(25-33)38(4,5)6)27-41-17-13-31(14-18-41)32-15-19-42(20-16-32)28-30-23-35(39(7,8)9)26-36(24-30)40(10,11)12;1-2-4-6-38-26-28-21-31-24-32(22-28)42-18-14-36-10-8-34-12-16-40-30-20-27(25-37-5-3-1)19-29(23-30)39-15-11-33-7-9-35-13-17-41-31;2*1-7(2,3,4,5)6/h13-26H,27-28H2,1-12H3;19-24H,1-18,25-26H2;;/q+2;;2*-1. The summed E-state index contributed by atoms with van der Waals surface area (Å²) in [6.07, 6.45) is 13.0. The predicted molar refractivity (Wildman–Crippen MR) is 361 cm³/mol. The summed E-state index contributed by atoms with van der Waals surface area (Å²) in [5.74, 6) is 2.87. The Morgan fingerprint density at radius 2 is 0.531 bits per heavy atom. The first kappa shape index (κ1) is 82.8. The molecule has 2 aromatic heterocycles. The first-order valence-corrected chi connectivity index (χ1v) is 36.8. The third-order valence-corrected chi connectivity index (χ3v) is 14.8. The molecule has 0 fully saturated rings. The molecule has 0 spiro atoms. The van der Waals surface area contributed by atoms with Gasteiger partial charge in [0, 0.05) is 60.7 Å². The minimum atomic E-state index is -10.7. The summed E-state index contributed by atoms with van der Waals surface area (Å²) < 4.78 is 181. The van der Waals surface area contributed by atoms with E-state index in [-0.39, 0.29) is 21.7 Å². The Bertz CT molecular complexity index is 2970. The second kappa shape index (κ2) is 33.8. The molecule has 5 heterocycles. The van der Waals surface area contributed by atoms with Crippen LogP contribution in [0.4, 0.5) is 50.4 Å². The molecule has 0 unspecified atom stereocenters. The number of hydrogen-bond donors (Lipinski definition) is 0. The second-order valence-corrected chi connectivity index (χ2v) is 32.1. The number of aromatic nitrogens is 2. The van der Waals surface area contributed by atoms with Gasteiger partial charge in [-0.15, -0.1) is 0 Å². The van der Waals surface area contributed by atoms with E-state index < -0.39 is 15.6 Å². The zero-order valence-electron chi connectivity index (χ0n) is 58.5. The first-order chi connectivity index (χ1) is 45.0. The molecule has 552 valence electrons. The van der Waals surface area contributed by atoms with Gasteiger partial charge < -0.3 is 47.4 Å². The smallest absolute Gasteiger partial charge is 0.123 e. The van der Waals surface area contributed by atoms with Crippen molar-refractivity contribution in [3.63, 3.8) is 0 Å². The van der Waals surface area contributed by atoms with E-state index in [1.807, 2.05) is 36.4 Å². The molecular weight excluding hydrogens is 1340 g/mol. The van der Waals surface area contributed by atoms with Gasteiger partial charge in [-0.25, -0.2) is 9.13 Å². The minimum Gasteiger partial charge on any atom is -0.491 e. The first-order valence-electron chi connectivity index (χ1n) is 32.7. The fraction of sp³-hybridized carbons (Fsp3) is 0.528. The normalized spacial score (nSPS) is 17.5. The SMILES string of the molecule is CC(C)(C)c1cc(C[n+]2ccc(-c3cc[n+](Cc4cc(C(C)(C)C)cc(C(C)(C)C)c4)cc3)cc2)cc(C(C)(C)C)c1.F[P-](F)(F)(F)(F)F.F[P-](F)(F)(F)(F)F.c1c2cc3cc1OCCOCCOCCOc1cc(cc(c1)OCCOCCOCCO3)COCCCCCCOC2. The Kier molecular flexibility index (Phi) is 28.5. The molecule has 0 atom stereocenters. The van der Waals surface area contributed by atoms with Gasteiger partial charge in [-0.1, -0.05) is 108 Å². The fourth-order valence-corrected chi connectivity index (χ4v) is 9.65. The van der Waals surface area contributed by atoms with Crippen LogP contribution in [0.2, 0.25) is 0 Å². The number of hydrogen-bond acceptors (Lipinski definition) is 10. The number of nitrogens with zero attached hydrogens (tertiary/aromatic N) is 2. The quantitative estimate of drug-likeness (QED) is 0.0718. The van der Waals surface area contributed by atoms with Crippen LogP contribution in [0.5, 0.6) is 23.0 Å². The number of ether oxygens (including phenoxy) is 10. The maximum Gasteiger partial charge on any atom is 0.123 e. The van der Waals surface area contributed by atoms with Crippen LogP contribution in [0.3, 0.4) is 0 Å². The summed E-state index contributed by atoms with van der Waals surface area (Å²) in [7, 11) is -21.3. The van der Waals surface area contributed by atoms with E-state index in [4.69, 9.17) is 47.4 Å². The maximum atomic E-state index is 9.87. The molecule has 3 aliphatic heterocycles. The summed E-state index contributed by atoms with van der Waals surface area (Å²) >= 11 is 0. The molecule has 0 aliphatic carbocycles. The second-order valence-electron chi connectivity index (χ2n) is 28.3. The van der Waals surface area contributed by atoms with E-state index in [9.17, 15) is 50.4 Å². The van der Waals surface area contributed by atoms with Crippen LogP contribution in [-0.2, 0) is 76.4 Å². The van der Waals surface area contributed by atoms with E-state index >= 15 is 0 Å². The van der Waals surface area contributed by atoms with Crippen molar-refractivity contribution in [2.75, 3.05) is 92.5 Å². The van der Waals surface area contributed by atoms with Crippen molar-refractivity contribution in [3.8, 4) is 34.1 Å². The average Bonchev–Trinajstić information content (AvgIpc) is 0.766. The van der Waals surface area contributed by atoms with Gasteiger partial charge in [0.25, 0.3) is 0 Å². The molecule has 0 N–H and O–H groups in total. The van der Waals surface area contributed by atoms with Crippen LogP contribution in [0, 0.1) is 0 Å². The number of benzene rings is 4. The molecule has 0 radical (unpaired) electrons. The molecule has 0 amide bonds. The summed E-state index contributed by atoms with van der Waals surface area (Å²) in [5.41, 5.74) is 13.3. The van der Waals surface area contributed by atoms with Gasteiger partial charge in [0.15, 0.2) is 37.9 Å². The molecule has 6 aromatic rings. The van der Waals surface area contributed by atoms with E-state index in [1.54, 1.807) is 0 Å². The molecule has 12 nitrogen and oxygen atoms in total. The Morgan fingerprint density at radius 1 is 0.296 bits per heavy atom. The van der Waals surface area contributed by atoms with Gasteiger partial charge in [0.2, 0.25) is 0 Å². The molecule has 98 heavy (non-hydrogen) atoms. The van der Waals surface area contributed by atoms with E-state index in [0.717, 1.165) is 72.9 Å². The van der Waals surface area contributed by atoms with Crippen molar-refractivity contribution in [3.05, 3.63) is 166 Å². The van der Waals surface area contributed by atoms with Gasteiger partial charge in [0.1, 0.15) is 49.4 Å². The molecule has 0 saturated carbocycles. The van der Waals surface area contributed by atoms with Crippen LogP contribution in [0.1, 0.15) is 153 Å². The van der Waals surface area contributed by atoms with Gasteiger partial charge in [0.05, 0.1) is 66.1 Å². The van der Waals surface area contributed by atoms with Gasteiger partial charge >= 0.3 is 66.0 Å². The Hall–Kier alpha value is -5.84. The molecular formula is C72H100F12N2O10P2. The van der Waals surface area contributed by atoms with Crippen LogP contribution in [0.25, 0.3) is 11.1 Å². The number of rotatable bonds is 5. The molecule has 26 heteroatoms. The average molecular weight is 1440 g/mol. The van der Waals surface area contributed by atoms with Crippen molar-refractivity contribution < 1.29 is 107 Å². The van der Waals surface area contributed by atoms with Crippen LogP contribution >= 0.6 is 15.6 Å². The zero-order chi connectivity index (χ0) is 72.8. The van der Waals surface area contributed by atoms with Crippen LogP contribution in [-0.4, -0.2) is 92.5 Å². The molecule has 9 rings (SSSR count). The van der Waals surface area contributed by atoms with Crippen molar-refractivity contribution in [2.45, 2.75) is 157 Å². The monoisotopic (exact) mass is 1440 g/mol. The van der Waals surface area contributed by atoms with Gasteiger partial charge in [-0.05, 0) is 128 Å². The van der Waals surface area contributed by atoms with Crippen molar-refractivity contribution in [1.82, 2.24) is 0 Å². The largest absolute Gasteiger partial charge is 0.491 e. The topological polar surface area (TPSA) is 100 Å². The molecule has 3 aliphatic rings. The van der Waals surface area contributed by atoms with E-state index in [0.29, 0.717) is 106 Å². The van der Waals surface area contributed by atoms with Gasteiger partial charge in [-0.2, -0.15) is 0 Å². The summed E-state index contributed by atoms with van der Waals surface area (Å²) in [6, 6.07) is 35.0. The zero-order valence-corrected chi connectivity index (χ0v) is 60.3. The summed E-state index contributed by atoms with van der Waals surface area (Å²) in [4.78, 5) is 0.